The van der Waals surface area contributed by atoms with Crippen LogP contribution in [0.15, 0.2) is 42.5 Å². The lowest BCUT2D eigenvalue weighted by Gasteiger charge is -2.23. The van der Waals surface area contributed by atoms with Crippen LogP contribution in [0.5, 0.6) is 0 Å². The second kappa shape index (κ2) is 7.60. The van der Waals surface area contributed by atoms with E-state index >= 15 is 0 Å². The normalized spacial score (nSPS) is 15.2. The fraction of sp³-hybridized carbons (Fsp3) is 0.350. The summed E-state index contributed by atoms with van der Waals surface area (Å²) in [7, 11) is 0. The van der Waals surface area contributed by atoms with E-state index < -0.39 is 0 Å². The molecule has 0 saturated carbocycles. The molecule has 4 nitrogen and oxygen atoms in total. The number of morpholine rings is 1. The third-order valence-electron chi connectivity index (χ3n) is 4.63. The van der Waals surface area contributed by atoms with Crippen molar-refractivity contribution in [1.82, 2.24) is 0 Å². The Balaban J connectivity index is 1.61. The Morgan fingerprint density at radius 3 is 2.42 bits per heavy atom. The number of hydrogen-bond donors (Lipinski definition) is 2. The number of ether oxygens (including phenoxy) is 1. The number of nitrogens with one attached hydrogen (secondary N) is 2. The highest BCUT2D eigenvalue weighted by molar-refractivity contribution is 6.04. The van der Waals surface area contributed by atoms with E-state index in [1.165, 1.54) is 21.6 Å². The number of amides is 1. The van der Waals surface area contributed by atoms with E-state index in [2.05, 4.69) is 24.4 Å². The summed E-state index contributed by atoms with van der Waals surface area (Å²) in [6.07, 6.45) is 0. The van der Waals surface area contributed by atoms with Crippen molar-refractivity contribution >= 4 is 11.6 Å². The van der Waals surface area contributed by atoms with E-state index in [-0.39, 0.29) is 5.91 Å². The maximum atomic E-state index is 12.4. The van der Waals surface area contributed by atoms with Crippen molar-refractivity contribution in [3.05, 3.63) is 64.7 Å². The number of rotatable bonds is 4. The molecule has 0 bridgehead atoms. The van der Waals surface area contributed by atoms with Crippen LogP contribution >= 0.6 is 0 Å². The molecule has 0 aromatic heterocycles. The molecule has 1 fully saturated rings. The van der Waals surface area contributed by atoms with Gasteiger partial charge in [0, 0.05) is 16.8 Å². The topological polar surface area (TPSA) is 42.8 Å². The molecule has 1 aliphatic heterocycles. The van der Waals surface area contributed by atoms with Gasteiger partial charge in [-0.1, -0.05) is 18.2 Å². The molecule has 0 spiro atoms. The molecule has 24 heavy (non-hydrogen) atoms. The molecule has 0 atom stereocenters. The van der Waals surface area contributed by atoms with Gasteiger partial charge in [0.15, 0.2) is 0 Å². The van der Waals surface area contributed by atoms with Gasteiger partial charge in [-0.2, -0.15) is 0 Å². The Morgan fingerprint density at radius 2 is 1.75 bits per heavy atom. The third kappa shape index (κ3) is 4.22. The number of hydrogen-bond acceptors (Lipinski definition) is 2. The smallest absolute Gasteiger partial charge is 0.255 e. The molecule has 1 heterocycles. The standard InChI is InChI=1S/C20H24N2O2/c1-15-3-8-19(13-16(15)2)21-20(23)18-6-4-17(5-7-18)14-22-9-11-24-12-10-22/h3-8,13H,9-12,14H2,1-2H3,(H,21,23)/p+1. The molecule has 0 unspecified atom stereocenters. The van der Waals surface area contributed by atoms with Crippen molar-refractivity contribution in [1.29, 1.82) is 0 Å². The highest BCUT2D eigenvalue weighted by Crippen LogP contribution is 2.15. The van der Waals surface area contributed by atoms with Gasteiger partial charge >= 0.3 is 0 Å². The summed E-state index contributed by atoms with van der Waals surface area (Å²) < 4.78 is 5.39. The summed E-state index contributed by atoms with van der Waals surface area (Å²) in [4.78, 5) is 13.9. The van der Waals surface area contributed by atoms with Crippen LogP contribution in [0.25, 0.3) is 0 Å². The minimum absolute atomic E-state index is 0.0662. The molecule has 2 aromatic carbocycles. The van der Waals surface area contributed by atoms with Crippen molar-refractivity contribution in [2.45, 2.75) is 20.4 Å². The van der Waals surface area contributed by atoms with E-state index in [1.54, 1.807) is 0 Å². The van der Waals surface area contributed by atoms with E-state index in [0.29, 0.717) is 5.56 Å². The average Bonchev–Trinajstić information content (AvgIpc) is 2.60. The zero-order valence-corrected chi connectivity index (χ0v) is 14.4. The van der Waals surface area contributed by atoms with Gasteiger partial charge in [-0.05, 0) is 49.2 Å². The Morgan fingerprint density at radius 1 is 1.04 bits per heavy atom. The zero-order valence-electron chi connectivity index (χ0n) is 14.4. The van der Waals surface area contributed by atoms with Gasteiger partial charge in [0.05, 0.1) is 13.2 Å². The molecular weight excluding hydrogens is 300 g/mol. The zero-order chi connectivity index (χ0) is 16.9. The predicted molar refractivity (Wildman–Crippen MR) is 95.5 cm³/mol. The van der Waals surface area contributed by atoms with Crippen LogP contribution in [0, 0.1) is 13.8 Å². The highest BCUT2D eigenvalue weighted by Gasteiger charge is 2.14. The summed E-state index contributed by atoms with van der Waals surface area (Å²) in [6, 6.07) is 13.9. The van der Waals surface area contributed by atoms with Gasteiger partial charge in [0.1, 0.15) is 19.6 Å². The SMILES string of the molecule is Cc1ccc(NC(=O)c2ccc(C[NH+]3CCOCC3)cc2)cc1C. The fourth-order valence-corrected chi connectivity index (χ4v) is 2.92. The molecular formula is C20H25N2O2+. The van der Waals surface area contributed by atoms with E-state index in [1.807, 2.05) is 37.3 Å². The van der Waals surface area contributed by atoms with Crippen molar-refractivity contribution in [3.8, 4) is 0 Å². The van der Waals surface area contributed by atoms with E-state index in [9.17, 15) is 4.79 Å². The number of anilines is 1. The minimum Gasteiger partial charge on any atom is -0.370 e. The molecule has 126 valence electrons. The van der Waals surface area contributed by atoms with Crippen molar-refractivity contribution in [2.75, 3.05) is 31.6 Å². The molecule has 1 amide bonds. The number of carbonyl (C=O) groups is 1. The first-order valence-corrected chi connectivity index (χ1v) is 8.51. The first kappa shape index (κ1) is 16.7. The summed E-state index contributed by atoms with van der Waals surface area (Å²) in [5.74, 6) is -0.0662. The van der Waals surface area contributed by atoms with E-state index in [4.69, 9.17) is 4.74 Å². The van der Waals surface area contributed by atoms with Gasteiger partial charge in [-0.25, -0.2) is 0 Å². The van der Waals surface area contributed by atoms with Gasteiger partial charge in [0.25, 0.3) is 5.91 Å². The molecule has 1 aliphatic rings. The van der Waals surface area contributed by atoms with Crippen LogP contribution in [0.4, 0.5) is 5.69 Å². The van der Waals surface area contributed by atoms with Crippen LogP contribution in [0.1, 0.15) is 27.0 Å². The van der Waals surface area contributed by atoms with Crippen LogP contribution in [-0.4, -0.2) is 32.2 Å². The molecule has 2 N–H and O–H groups in total. The van der Waals surface area contributed by atoms with Crippen LogP contribution in [0.3, 0.4) is 0 Å². The predicted octanol–water partition coefficient (Wildman–Crippen LogP) is 1.97. The summed E-state index contributed by atoms with van der Waals surface area (Å²) in [6.45, 7) is 8.88. The first-order valence-electron chi connectivity index (χ1n) is 8.51. The molecule has 0 radical (unpaired) electrons. The Kier molecular flexibility index (Phi) is 5.28. The van der Waals surface area contributed by atoms with E-state index in [0.717, 1.165) is 38.5 Å². The molecule has 2 aromatic rings. The van der Waals surface area contributed by atoms with Gasteiger partial charge in [-0.15, -0.1) is 0 Å². The van der Waals surface area contributed by atoms with Crippen LogP contribution in [0.2, 0.25) is 0 Å². The Bertz CT molecular complexity index is 704. The molecule has 0 aliphatic carbocycles. The van der Waals surface area contributed by atoms with Crippen LogP contribution < -0.4 is 10.2 Å². The van der Waals surface area contributed by atoms with Gasteiger partial charge in [-0.3, -0.25) is 4.79 Å². The average molecular weight is 325 g/mol. The third-order valence-corrected chi connectivity index (χ3v) is 4.63. The summed E-state index contributed by atoms with van der Waals surface area (Å²) in [5.41, 5.74) is 5.19. The largest absolute Gasteiger partial charge is 0.370 e. The second-order valence-corrected chi connectivity index (χ2v) is 6.49. The van der Waals surface area contributed by atoms with Crippen molar-refractivity contribution < 1.29 is 14.4 Å². The quantitative estimate of drug-likeness (QED) is 0.902. The minimum atomic E-state index is -0.0662. The van der Waals surface area contributed by atoms with Gasteiger partial charge < -0.3 is 15.0 Å². The second-order valence-electron chi connectivity index (χ2n) is 6.49. The Hall–Kier alpha value is -2.17. The lowest BCUT2D eigenvalue weighted by atomic mass is 10.1. The van der Waals surface area contributed by atoms with Crippen LogP contribution in [-0.2, 0) is 11.3 Å². The maximum Gasteiger partial charge on any atom is 0.255 e. The summed E-state index contributed by atoms with van der Waals surface area (Å²) in [5, 5.41) is 2.97. The van der Waals surface area contributed by atoms with Crippen molar-refractivity contribution in [2.24, 2.45) is 0 Å². The number of benzene rings is 2. The molecule has 1 saturated heterocycles. The lowest BCUT2D eigenvalue weighted by molar-refractivity contribution is -0.921. The first-order chi connectivity index (χ1) is 11.6. The number of quaternary nitrogens is 1. The molecule has 3 rings (SSSR count). The monoisotopic (exact) mass is 325 g/mol. The summed E-state index contributed by atoms with van der Waals surface area (Å²) >= 11 is 0. The van der Waals surface area contributed by atoms with Gasteiger partial charge in [0.2, 0.25) is 0 Å². The lowest BCUT2D eigenvalue weighted by Crippen LogP contribution is -3.12. The highest BCUT2D eigenvalue weighted by atomic mass is 16.5. The maximum absolute atomic E-state index is 12.4. The fourth-order valence-electron chi connectivity index (χ4n) is 2.92. The number of carbonyl (C=O) groups excluding carboxylic acids is 1. The number of aryl methyl sites for hydroxylation is 2. The van der Waals surface area contributed by atoms with Crippen molar-refractivity contribution in [3.63, 3.8) is 0 Å². The molecule has 4 heteroatoms. The Labute approximate surface area is 143 Å².